The van der Waals surface area contributed by atoms with Gasteiger partial charge in [-0.05, 0) is 11.6 Å². The smallest absolute Gasteiger partial charge is 0.343 e. The Balaban J connectivity index is 2.42. The van der Waals surface area contributed by atoms with Crippen LogP contribution in [0.3, 0.4) is 0 Å². The Hall–Kier alpha value is -2.93. The average Bonchev–Trinajstić information content (AvgIpc) is 2.96. The van der Waals surface area contributed by atoms with Crippen LogP contribution in [0.15, 0.2) is 73.4 Å². The van der Waals surface area contributed by atoms with Crippen LogP contribution in [0.2, 0.25) is 0 Å². The molecule has 25 heavy (non-hydrogen) atoms. The monoisotopic (exact) mass is 339 g/mol. The van der Waals surface area contributed by atoms with Crippen molar-refractivity contribution in [2.45, 2.75) is 18.1 Å². The van der Waals surface area contributed by atoms with E-state index in [9.17, 15) is 13.2 Å². The van der Waals surface area contributed by atoms with E-state index in [1.54, 1.807) is 53.1 Å². The van der Waals surface area contributed by atoms with Crippen molar-refractivity contribution in [2.75, 3.05) is 0 Å². The average molecular weight is 339 g/mol. The number of rotatable bonds is 4. The fourth-order valence-electron chi connectivity index (χ4n) is 3.24. The SMILES string of the molecule is C#CC(c1ccccc1)(c1cn(CC=C)c2ccccc12)C(F)(F)F. The zero-order valence-electron chi connectivity index (χ0n) is 13.4. The molecule has 0 saturated carbocycles. The molecule has 0 saturated heterocycles. The second-order valence-electron chi connectivity index (χ2n) is 5.76. The molecule has 0 bridgehead atoms. The fourth-order valence-corrected chi connectivity index (χ4v) is 3.24. The van der Waals surface area contributed by atoms with Crippen LogP contribution in [-0.2, 0) is 12.0 Å². The van der Waals surface area contributed by atoms with Crippen molar-refractivity contribution in [3.63, 3.8) is 0 Å². The number of hydrogen-bond acceptors (Lipinski definition) is 0. The number of alkyl halides is 3. The third kappa shape index (κ3) is 2.53. The van der Waals surface area contributed by atoms with Gasteiger partial charge >= 0.3 is 6.18 Å². The lowest BCUT2D eigenvalue weighted by molar-refractivity contribution is -0.161. The fraction of sp³-hybridized carbons (Fsp3) is 0.143. The number of para-hydroxylation sites is 1. The van der Waals surface area contributed by atoms with Crippen molar-refractivity contribution in [3.8, 4) is 12.3 Å². The normalized spacial score (nSPS) is 14.0. The minimum absolute atomic E-state index is 0.0338. The van der Waals surface area contributed by atoms with E-state index in [1.165, 1.54) is 18.3 Å². The third-order valence-electron chi connectivity index (χ3n) is 4.37. The summed E-state index contributed by atoms with van der Waals surface area (Å²) in [5, 5.41) is 0.489. The Bertz CT molecular complexity index is 945. The summed E-state index contributed by atoms with van der Waals surface area (Å²) < 4.78 is 44.6. The third-order valence-corrected chi connectivity index (χ3v) is 4.37. The second-order valence-corrected chi connectivity index (χ2v) is 5.76. The summed E-state index contributed by atoms with van der Waals surface area (Å²) in [5.74, 6) is 2.07. The highest BCUT2D eigenvalue weighted by atomic mass is 19.4. The van der Waals surface area contributed by atoms with Crippen LogP contribution in [0.5, 0.6) is 0 Å². The highest BCUT2D eigenvalue weighted by Crippen LogP contribution is 2.48. The minimum atomic E-state index is -4.65. The summed E-state index contributed by atoms with van der Waals surface area (Å²) in [7, 11) is 0. The zero-order chi connectivity index (χ0) is 18.1. The minimum Gasteiger partial charge on any atom is -0.343 e. The number of nitrogens with zero attached hydrogens (tertiary/aromatic N) is 1. The molecular weight excluding hydrogens is 323 g/mol. The van der Waals surface area contributed by atoms with Gasteiger partial charge in [-0.3, -0.25) is 0 Å². The van der Waals surface area contributed by atoms with Gasteiger partial charge < -0.3 is 4.57 Å². The molecule has 2 aromatic carbocycles. The molecule has 3 rings (SSSR count). The van der Waals surface area contributed by atoms with Crippen molar-refractivity contribution in [2.24, 2.45) is 0 Å². The van der Waals surface area contributed by atoms with E-state index in [-0.39, 0.29) is 11.1 Å². The highest BCUT2D eigenvalue weighted by Gasteiger charge is 2.57. The van der Waals surface area contributed by atoms with Crippen LogP contribution in [0.25, 0.3) is 10.9 Å². The number of allylic oxidation sites excluding steroid dienone is 1. The Kier molecular flexibility index (Phi) is 4.18. The Morgan fingerprint density at radius 2 is 1.68 bits per heavy atom. The van der Waals surface area contributed by atoms with Crippen molar-refractivity contribution in [1.82, 2.24) is 4.57 Å². The molecule has 0 radical (unpaired) electrons. The summed E-state index contributed by atoms with van der Waals surface area (Å²) >= 11 is 0. The molecule has 0 spiro atoms. The molecule has 0 aliphatic heterocycles. The lowest BCUT2D eigenvalue weighted by Crippen LogP contribution is -2.42. The van der Waals surface area contributed by atoms with Gasteiger partial charge in [0.2, 0.25) is 0 Å². The largest absolute Gasteiger partial charge is 0.413 e. The van der Waals surface area contributed by atoms with E-state index in [2.05, 4.69) is 12.5 Å². The van der Waals surface area contributed by atoms with E-state index in [4.69, 9.17) is 6.42 Å². The van der Waals surface area contributed by atoms with Crippen LogP contribution < -0.4 is 0 Å². The summed E-state index contributed by atoms with van der Waals surface area (Å²) in [6.45, 7) is 4.07. The van der Waals surface area contributed by atoms with Crippen molar-refractivity contribution in [3.05, 3.63) is 84.6 Å². The summed E-state index contributed by atoms with van der Waals surface area (Å²) in [5.41, 5.74) is -1.73. The van der Waals surface area contributed by atoms with Gasteiger partial charge in [-0.25, -0.2) is 0 Å². The standard InChI is InChI=1S/C21H16F3N/c1-3-14-25-15-18(17-12-8-9-13-19(17)25)20(4-2,21(22,23)24)16-10-6-5-7-11-16/h2-3,5-13,15H,1,14H2. The van der Waals surface area contributed by atoms with E-state index >= 15 is 0 Å². The highest BCUT2D eigenvalue weighted by molar-refractivity contribution is 5.87. The lowest BCUT2D eigenvalue weighted by Gasteiger charge is -2.31. The van der Waals surface area contributed by atoms with Gasteiger partial charge in [0.05, 0.1) is 0 Å². The number of aromatic nitrogens is 1. The first kappa shape index (κ1) is 16.9. The van der Waals surface area contributed by atoms with Crippen molar-refractivity contribution in [1.29, 1.82) is 0 Å². The number of fused-ring (bicyclic) bond motifs is 1. The van der Waals surface area contributed by atoms with Crippen molar-refractivity contribution >= 4 is 10.9 Å². The Labute approximate surface area is 144 Å². The lowest BCUT2D eigenvalue weighted by atomic mass is 9.74. The van der Waals surface area contributed by atoms with Crippen LogP contribution in [0.1, 0.15) is 11.1 Å². The van der Waals surface area contributed by atoms with Crippen LogP contribution in [0.4, 0.5) is 13.2 Å². The van der Waals surface area contributed by atoms with Gasteiger partial charge in [0, 0.05) is 29.2 Å². The first-order chi connectivity index (χ1) is 12.0. The molecule has 1 atom stereocenters. The van der Waals surface area contributed by atoms with Gasteiger partial charge in [-0.2, -0.15) is 13.2 Å². The first-order valence-electron chi connectivity index (χ1n) is 7.75. The van der Waals surface area contributed by atoms with Crippen LogP contribution in [0, 0.1) is 12.3 Å². The molecule has 0 N–H and O–H groups in total. The molecule has 1 unspecified atom stereocenters. The maximum Gasteiger partial charge on any atom is 0.413 e. The number of halogens is 3. The maximum absolute atomic E-state index is 14.3. The predicted molar refractivity (Wildman–Crippen MR) is 94.2 cm³/mol. The van der Waals surface area contributed by atoms with Gasteiger partial charge in [0.25, 0.3) is 0 Å². The molecule has 4 heteroatoms. The van der Waals surface area contributed by atoms with Gasteiger partial charge in [0.15, 0.2) is 5.41 Å². The molecule has 126 valence electrons. The predicted octanol–water partition coefficient (Wildman–Crippen LogP) is 5.31. The van der Waals surface area contributed by atoms with Crippen LogP contribution >= 0.6 is 0 Å². The van der Waals surface area contributed by atoms with Crippen LogP contribution in [-0.4, -0.2) is 10.7 Å². The molecule has 0 aliphatic carbocycles. The first-order valence-corrected chi connectivity index (χ1v) is 7.75. The van der Waals surface area contributed by atoms with E-state index < -0.39 is 11.6 Å². The molecule has 1 nitrogen and oxygen atoms in total. The van der Waals surface area contributed by atoms with E-state index in [0.717, 1.165) is 0 Å². The molecular formula is C21H16F3N. The van der Waals surface area contributed by atoms with Gasteiger partial charge in [0.1, 0.15) is 0 Å². The molecule has 1 aromatic heterocycles. The topological polar surface area (TPSA) is 4.93 Å². The van der Waals surface area contributed by atoms with Gasteiger partial charge in [-0.1, -0.05) is 60.5 Å². The maximum atomic E-state index is 14.3. The molecule has 3 aromatic rings. The van der Waals surface area contributed by atoms with E-state index in [1.807, 2.05) is 0 Å². The number of benzene rings is 2. The summed E-state index contributed by atoms with van der Waals surface area (Å²) in [6, 6.07) is 14.6. The molecule has 0 aliphatic rings. The van der Waals surface area contributed by atoms with Gasteiger partial charge in [-0.15, -0.1) is 13.0 Å². The summed E-state index contributed by atoms with van der Waals surface area (Å²) in [6.07, 6.45) is 4.02. The molecule has 0 amide bonds. The van der Waals surface area contributed by atoms with Crippen molar-refractivity contribution < 1.29 is 13.2 Å². The Morgan fingerprint density at radius 3 is 2.28 bits per heavy atom. The second kappa shape index (κ2) is 6.18. The summed E-state index contributed by atoms with van der Waals surface area (Å²) in [4.78, 5) is 0. The molecule has 0 fully saturated rings. The zero-order valence-corrected chi connectivity index (χ0v) is 13.4. The van der Waals surface area contributed by atoms with E-state index in [0.29, 0.717) is 17.4 Å². The number of terminal acetylenes is 1. The quantitative estimate of drug-likeness (QED) is 0.448. The molecule has 1 heterocycles. The number of hydrogen-bond donors (Lipinski definition) is 0. The Morgan fingerprint density at radius 1 is 1.04 bits per heavy atom.